The maximum Gasteiger partial charge on any atom is 0.122 e. The van der Waals surface area contributed by atoms with E-state index >= 15 is 0 Å². The predicted octanol–water partition coefficient (Wildman–Crippen LogP) is 3.70. The second kappa shape index (κ2) is 4.26. The molecule has 1 aromatic rings. The lowest BCUT2D eigenvalue weighted by molar-refractivity contribution is 0.357. The van der Waals surface area contributed by atoms with Crippen LogP contribution in [-0.2, 0) is 12.8 Å². The van der Waals surface area contributed by atoms with Gasteiger partial charge in [-0.15, -0.1) is 0 Å². The van der Waals surface area contributed by atoms with Crippen molar-refractivity contribution in [2.75, 3.05) is 6.61 Å². The van der Waals surface area contributed by atoms with E-state index in [-0.39, 0.29) is 0 Å². The number of fused-ring (bicyclic) bond motifs is 3. The SMILES string of the molecule is CC.CC1CCc2ccc3c(c21)CCO3. The predicted molar refractivity (Wildman–Crippen MR) is 63.7 cm³/mol. The minimum absolute atomic E-state index is 0.756. The van der Waals surface area contributed by atoms with Gasteiger partial charge in [-0.05, 0) is 36.0 Å². The summed E-state index contributed by atoms with van der Waals surface area (Å²) in [5.74, 6) is 1.90. The lowest BCUT2D eigenvalue weighted by Crippen LogP contribution is -1.93. The summed E-state index contributed by atoms with van der Waals surface area (Å²) in [5, 5.41) is 0. The zero-order valence-electron chi connectivity index (χ0n) is 9.97. The van der Waals surface area contributed by atoms with E-state index in [4.69, 9.17) is 4.74 Å². The molecule has 1 aliphatic carbocycles. The summed E-state index contributed by atoms with van der Waals surface area (Å²) < 4.78 is 5.57. The maximum absolute atomic E-state index is 5.57. The van der Waals surface area contributed by atoms with Crippen molar-refractivity contribution in [2.45, 2.75) is 46.0 Å². The van der Waals surface area contributed by atoms with Crippen LogP contribution in [0.3, 0.4) is 0 Å². The van der Waals surface area contributed by atoms with Crippen LogP contribution in [0, 0.1) is 0 Å². The van der Waals surface area contributed by atoms with Crippen LogP contribution < -0.4 is 4.74 Å². The molecule has 15 heavy (non-hydrogen) atoms. The summed E-state index contributed by atoms with van der Waals surface area (Å²) >= 11 is 0. The Balaban J connectivity index is 0.000000404. The molecule has 0 amide bonds. The van der Waals surface area contributed by atoms with Crippen molar-refractivity contribution in [1.82, 2.24) is 0 Å². The average molecular weight is 204 g/mol. The van der Waals surface area contributed by atoms with Gasteiger partial charge in [-0.25, -0.2) is 0 Å². The first-order valence-corrected chi connectivity index (χ1v) is 6.13. The van der Waals surface area contributed by atoms with Gasteiger partial charge in [0.15, 0.2) is 0 Å². The molecule has 0 saturated heterocycles. The fourth-order valence-corrected chi connectivity index (χ4v) is 2.70. The molecule has 1 heterocycles. The van der Waals surface area contributed by atoms with Gasteiger partial charge < -0.3 is 4.74 Å². The highest BCUT2D eigenvalue weighted by molar-refractivity contribution is 5.50. The van der Waals surface area contributed by atoms with E-state index in [0.717, 1.165) is 24.7 Å². The average Bonchev–Trinajstić information content (AvgIpc) is 2.87. The van der Waals surface area contributed by atoms with E-state index in [1.807, 2.05) is 13.8 Å². The van der Waals surface area contributed by atoms with Gasteiger partial charge >= 0.3 is 0 Å². The van der Waals surface area contributed by atoms with E-state index < -0.39 is 0 Å². The minimum atomic E-state index is 0.756. The highest BCUT2D eigenvalue weighted by Gasteiger charge is 2.26. The molecule has 0 radical (unpaired) electrons. The number of rotatable bonds is 0. The number of aryl methyl sites for hydroxylation is 1. The summed E-state index contributed by atoms with van der Waals surface area (Å²) in [4.78, 5) is 0. The van der Waals surface area contributed by atoms with Crippen LogP contribution in [0.15, 0.2) is 12.1 Å². The Labute approximate surface area is 92.5 Å². The highest BCUT2D eigenvalue weighted by atomic mass is 16.5. The third-order valence-corrected chi connectivity index (χ3v) is 3.35. The van der Waals surface area contributed by atoms with Crippen molar-refractivity contribution in [1.29, 1.82) is 0 Å². The monoisotopic (exact) mass is 204 g/mol. The smallest absolute Gasteiger partial charge is 0.122 e. The molecule has 1 nitrogen and oxygen atoms in total. The van der Waals surface area contributed by atoms with Crippen molar-refractivity contribution < 1.29 is 4.74 Å². The molecular formula is C14H20O. The van der Waals surface area contributed by atoms with Gasteiger partial charge in [-0.1, -0.05) is 26.8 Å². The molecular weight excluding hydrogens is 184 g/mol. The third-order valence-electron chi connectivity index (χ3n) is 3.35. The Morgan fingerprint density at radius 2 is 2.00 bits per heavy atom. The molecule has 0 bridgehead atoms. The van der Waals surface area contributed by atoms with Gasteiger partial charge in [0.2, 0.25) is 0 Å². The zero-order valence-corrected chi connectivity index (χ0v) is 9.97. The maximum atomic E-state index is 5.57. The number of benzene rings is 1. The van der Waals surface area contributed by atoms with Crippen molar-refractivity contribution >= 4 is 0 Å². The Kier molecular flexibility index (Phi) is 2.99. The summed E-state index contributed by atoms with van der Waals surface area (Å²) in [6.45, 7) is 7.23. The normalized spacial score (nSPS) is 21.1. The van der Waals surface area contributed by atoms with E-state index in [1.54, 1.807) is 11.1 Å². The Morgan fingerprint density at radius 1 is 1.20 bits per heavy atom. The molecule has 0 spiro atoms. The zero-order chi connectivity index (χ0) is 10.8. The Hall–Kier alpha value is -0.980. The second-order valence-electron chi connectivity index (χ2n) is 4.15. The largest absolute Gasteiger partial charge is 0.493 e. The molecule has 0 saturated carbocycles. The summed E-state index contributed by atoms with van der Waals surface area (Å²) in [5.41, 5.74) is 4.68. The van der Waals surface area contributed by atoms with E-state index in [2.05, 4.69) is 19.1 Å². The first-order valence-electron chi connectivity index (χ1n) is 6.13. The molecule has 82 valence electrons. The standard InChI is InChI=1S/C12H14O.C2H6/c1-8-2-3-9-4-5-11-10(12(8)9)6-7-13-11;1-2/h4-5,8H,2-3,6-7H2,1H3;1-2H3. The molecule has 1 aromatic carbocycles. The highest BCUT2D eigenvalue weighted by Crippen LogP contribution is 2.41. The van der Waals surface area contributed by atoms with Gasteiger partial charge in [0.25, 0.3) is 0 Å². The van der Waals surface area contributed by atoms with Gasteiger partial charge in [-0.2, -0.15) is 0 Å². The van der Waals surface area contributed by atoms with Gasteiger partial charge in [0.05, 0.1) is 6.61 Å². The van der Waals surface area contributed by atoms with Gasteiger partial charge in [0, 0.05) is 12.0 Å². The van der Waals surface area contributed by atoms with Crippen LogP contribution in [0.4, 0.5) is 0 Å². The quantitative estimate of drug-likeness (QED) is 0.626. The fourth-order valence-electron chi connectivity index (χ4n) is 2.70. The molecule has 2 aliphatic rings. The molecule has 1 unspecified atom stereocenters. The molecule has 0 fully saturated rings. The van der Waals surface area contributed by atoms with Crippen LogP contribution >= 0.6 is 0 Å². The van der Waals surface area contributed by atoms with Crippen LogP contribution in [0.25, 0.3) is 0 Å². The van der Waals surface area contributed by atoms with Crippen LogP contribution in [0.2, 0.25) is 0 Å². The summed E-state index contributed by atoms with van der Waals surface area (Å²) in [6, 6.07) is 4.40. The number of ether oxygens (including phenoxy) is 1. The molecule has 3 rings (SSSR count). The number of hydrogen-bond donors (Lipinski definition) is 0. The first kappa shape index (κ1) is 10.5. The van der Waals surface area contributed by atoms with Crippen LogP contribution in [-0.4, -0.2) is 6.61 Å². The molecule has 1 heteroatoms. The van der Waals surface area contributed by atoms with Gasteiger partial charge in [0.1, 0.15) is 5.75 Å². The Morgan fingerprint density at radius 3 is 2.80 bits per heavy atom. The molecule has 0 aromatic heterocycles. The van der Waals surface area contributed by atoms with E-state index in [1.165, 1.54) is 18.4 Å². The van der Waals surface area contributed by atoms with Crippen molar-refractivity contribution in [3.05, 3.63) is 28.8 Å². The summed E-state index contributed by atoms with van der Waals surface area (Å²) in [7, 11) is 0. The number of hydrogen-bond acceptors (Lipinski definition) is 1. The second-order valence-corrected chi connectivity index (χ2v) is 4.15. The Bertz CT molecular complexity index is 355. The van der Waals surface area contributed by atoms with E-state index in [9.17, 15) is 0 Å². The molecule has 0 N–H and O–H groups in total. The van der Waals surface area contributed by atoms with Crippen LogP contribution in [0.5, 0.6) is 5.75 Å². The topological polar surface area (TPSA) is 9.23 Å². The molecule has 1 aliphatic heterocycles. The third kappa shape index (κ3) is 1.64. The summed E-state index contributed by atoms with van der Waals surface area (Å²) in [6.07, 6.45) is 3.72. The lowest BCUT2D eigenvalue weighted by atomic mass is 9.96. The molecule has 1 atom stereocenters. The fraction of sp³-hybridized carbons (Fsp3) is 0.571. The minimum Gasteiger partial charge on any atom is -0.493 e. The lowest BCUT2D eigenvalue weighted by Gasteiger charge is -2.09. The van der Waals surface area contributed by atoms with Gasteiger partial charge in [-0.3, -0.25) is 0 Å². The van der Waals surface area contributed by atoms with Crippen molar-refractivity contribution in [3.63, 3.8) is 0 Å². The van der Waals surface area contributed by atoms with E-state index in [0.29, 0.717) is 0 Å². The van der Waals surface area contributed by atoms with Crippen molar-refractivity contribution in [3.8, 4) is 5.75 Å². The van der Waals surface area contributed by atoms with Crippen molar-refractivity contribution in [2.24, 2.45) is 0 Å². The first-order chi connectivity index (χ1) is 7.36. The van der Waals surface area contributed by atoms with Crippen LogP contribution in [0.1, 0.15) is 49.8 Å².